The van der Waals surface area contributed by atoms with Crippen molar-refractivity contribution in [1.29, 1.82) is 0 Å². The lowest BCUT2D eigenvalue weighted by molar-refractivity contribution is 0.351. The molecule has 1 saturated heterocycles. The molecule has 0 unspecified atom stereocenters. The van der Waals surface area contributed by atoms with Crippen molar-refractivity contribution in [2.24, 2.45) is 5.92 Å². The number of fused-ring (bicyclic) bond motifs is 2. The number of rotatable bonds is 3. The lowest BCUT2D eigenvalue weighted by Gasteiger charge is -2.23. The van der Waals surface area contributed by atoms with Gasteiger partial charge in [-0.3, -0.25) is 0 Å². The molecule has 1 saturated carbocycles. The monoisotopic (exact) mass is 256 g/mol. The molecule has 0 amide bonds. The van der Waals surface area contributed by atoms with Crippen LogP contribution in [0.25, 0.3) is 0 Å². The van der Waals surface area contributed by atoms with E-state index >= 15 is 0 Å². The van der Waals surface area contributed by atoms with Crippen LogP contribution in [-0.2, 0) is 11.8 Å². The highest BCUT2D eigenvalue weighted by Crippen LogP contribution is 2.56. The maximum atomic E-state index is 3.87. The molecule has 19 heavy (non-hydrogen) atoms. The molecule has 1 spiro atoms. The van der Waals surface area contributed by atoms with E-state index < -0.39 is 0 Å². The summed E-state index contributed by atoms with van der Waals surface area (Å²) in [4.78, 5) is 0. The summed E-state index contributed by atoms with van der Waals surface area (Å²) >= 11 is 0. The zero-order valence-electron chi connectivity index (χ0n) is 11.6. The normalized spacial score (nSPS) is 33.6. The largest absolute Gasteiger partial charge is 0.317 e. The lowest BCUT2D eigenvalue weighted by Crippen LogP contribution is -2.35. The summed E-state index contributed by atoms with van der Waals surface area (Å²) in [6.07, 6.45) is 6.74. The van der Waals surface area contributed by atoms with Gasteiger partial charge in [0.1, 0.15) is 0 Å². The van der Waals surface area contributed by atoms with Gasteiger partial charge in [-0.25, -0.2) is 0 Å². The van der Waals surface area contributed by atoms with Crippen LogP contribution in [0.2, 0.25) is 0 Å². The topological polar surface area (TPSA) is 24.1 Å². The summed E-state index contributed by atoms with van der Waals surface area (Å²) in [5.74, 6) is 0.899. The van der Waals surface area contributed by atoms with E-state index in [2.05, 4.69) is 34.9 Å². The van der Waals surface area contributed by atoms with Crippen LogP contribution in [0, 0.1) is 5.92 Å². The third-order valence-electron chi connectivity index (χ3n) is 5.58. The minimum absolute atomic E-state index is 0.517. The van der Waals surface area contributed by atoms with Crippen LogP contribution in [0.1, 0.15) is 36.8 Å². The second kappa shape index (κ2) is 4.60. The molecule has 3 aliphatic rings. The summed E-state index contributed by atoms with van der Waals surface area (Å²) < 4.78 is 0. The van der Waals surface area contributed by atoms with E-state index in [1.165, 1.54) is 51.7 Å². The second-order valence-electron chi connectivity index (χ2n) is 6.67. The van der Waals surface area contributed by atoms with Crippen LogP contribution in [0.3, 0.4) is 0 Å². The number of aryl methyl sites for hydroxylation is 1. The van der Waals surface area contributed by atoms with Crippen molar-refractivity contribution in [3.63, 3.8) is 0 Å². The molecule has 1 aliphatic heterocycles. The summed E-state index contributed by atoms with van der Waals surface area (Å²) in [6.45, 7) is 3.66. The Morgan fingerprint density at radius 1 is 1.21 bits per heavy atom. The maximum absolute atomic E-state index is 3.87. The lowest BCUT2D eigenvalue weighted by atomic mass is 9.96. The Labute approximate surface area is 116 Å². The SMILES string of the molecule is c1ccc2c(c1)CC[C@@]21C[C@H]1NCC1CCNCC1. The van der Waals surface area contributed by atoms with E-state index in [1.54, 1.807) is 11.1 Å². The minimum atomic E-state index is 0.517. The Morgan fingerprint density at radius 3 is 2.95 bits per heavy atom. The molecule has 2 N–H and O–H groups in total. The molecule has 2 atom stereocenters. The Bertz CT molecular complexity index is 464. The fourth-order valence-electron chi connectivity index (χ4n) is 4.26. The van der Waals surface area contributed by atoms with Gasteiger partial charge in [0.25, 0.3) is 0 Å². The smallest absolute Gasteiger partial charge is 0.0174 e. The highest BCUT2D eigenvalue weighted by Gasteiger charge is 2.57. The second-order valence-corrected chi connectivity index (χ2v) is 6.67. The Morgan fingerprint density at radius 2 is 2.05 bits per heavy atom. The Kier molecular flexibility index (Phi) is 2.89. The van der Waals surface area contributed by atoms with Crippen molar-refractivity contribution < 1.29 is 0 Å². The van der Waals surface area contributed by atoms with Gasteiger partial charge < -0.3 is 10.6 Å². The van der Waals surface area contributed by atoms with Crippen molar-refractivity contribution in [1.82, 2.24) is 10.6 Å². The fourth-order valence-corrected chi connectivity index (χ4v) is 4.26. The molecule has 4 rings (SSSR count). The van der Waals surface area contributed by atoms with Gasteiger partial charge in [0.05, 0.1) is 0 Å². The standard InChI is InChI=1S/C17H24N2/c1-2-4-15-14(3-1)5-8-17(15)11-16(17)19-12-13-6-9-18-10-7-13/h1-4,13,16,18-19H,5-12H2/t16-,17-/m1/s1. The molecule has 1 aromatic rings. The molecule has 2 nitrogen and oxygen atoms in total. The van der Waals surface area contributed by atoms with Crippen LogP contribution in [0.15, 0.2) is 24.3 Å². The van der Waals surface area contributed by atoms with Gasteiger partial charge in [-0.15, -0.1) is 0 Å². The van der Waals surface area contributed by atoms with Gasteiger partial charge in [-0.1, -0.05) is 24.3 Å². The van der Waals surface area contributed by atoms with Crippen LogP contribution < -0.4 is 10.6 Å². The summed E-state index contributed by atoms with van der Waals surface area (Å²) in [5.41, 5.74) is 3.77. The van der Waals surface area contributed by atoms with Crippen molar-refractivity contribution in [2.75, 3.05) is 19.6 Å². The van der Waals surface area contributed by atoms with E-state index in [-0.39, 0.29) is 0 Å². The average molecular weight is 256 g/mol. The summed E-state index contributed by atoms with van der Waals surface area (Å²) in [5, 5.41) is 7.32. The number of hydrogen-bond acceptors (Lipinski definition) is 2. The first kappa shape index (κ1) is 11.9. The van der Waals surface area contributed by atoms with Gasteiger partial charge in [0.15, 0.2) is 0 Å². The number of nitrogens with one attached hydrogen (secondary N) is 2. The van der Waals surface area contributed by atoms with Crippen LogP contribution in [-0.4, -0.2) is 25.7 Å². The molecule has 0 aromatic heterocycles. The minimum Gasteiger partial charge on any atom is -0.317 e. The highest BCUT2D eigenvalue weighted by molar-refractivity contribution is 5.46. The molecule has 2 aliphatic carbocycles. The first-order valence-corrected chi connectivity index (χ1v) is 7.91. The van der Waals surface area contributed by atoms with Gasteiger partial charge in [0, 0.05) is 11.5 Å². The van der Waals surface area contributed by atoms with Crippen LogP contribution in [0.4, 0.5) is 0 Å². The zero-order chi connectivity index (χ0) is 12.7. The molecule has 0 radical (unpaired) electrons. The maximum Gasteiger partial charge on any atom is 0.0174 e. The van der Waals surface area contributed by atoms with E-state index in [0.29, 0.717) is 5.41 Å². The van der Waals surface area contributed by atoms with Crippen molar-refractivity contribution in [3.8, 4) is 0 Å². The van der Waals surface area contributed by atoms with E-state index in [1.807, 2.05) is 0 Å². The van der Waals surface area contributed by atoms with Crippen LogP contribution >= 0.6 is 0 Å². The van der Waals surface area contributed by atoms with E-state index in [0.717, 1.165) is 12.0 Å². The predicted octanol–water partition coefficient (Wildman–Crippen LogP) is 2.23. The molecule has 1 heterocycles. The van der Waals surface area contributed by atoms with Gasteiger partial charge in [-0.2, -0.15) is 0 Å². The zero-order valence-corrected chi connectivity index (χ0v) is 11.6. The number of benzene rings is 1. The van der Waals surface area contributed by atoms with Gasteiger partial charge in [0.2, 0.25) is 0 Å². The van der Waals surface area contributed by atoms with E-state index in [4.69, 9.17) is 0 Å². The predicted molar refractivity (Wildman–Crippen MR) is 78.4 cm³/mol. The third kappa shape index (κ3) is 2.02. The molecular formula is C17H24N2. The number of piperidine rings is 1. The van der Waals surface area contributed by atoms with Crippen molar-refractivity contribution in [3.05, 3.63) is 35.4 Å². The molecule has 1 aromatic carbocycles. The van der Waals surface area contributed by atoms with E-state index in [9.17, 15) is 0 Å². The number of hydrogen-bond donors (Lipinski definition) is 2. The van der Waals surface area contributed by atoms with Crippen LogP contribution in [0.5, 0.6) is 0 Å². The Hall–Kier alpha value is -0.860. The molecule has 102 valence electrons. The van der Waals surface area contributed by atoms with Crippen molar-refractivity contribution >= 4 is 0 Å². The third-order valence-corrected chi connectivity index (χ3v) is 5.58. The molecule has 2 fully saturated rings. The van der Waals surface area contributed by atoms with Crippen molar-refractivity contribution in [2.45, 2.75) is 43.6 Å². The molecule has 2 heteroatoms. The quantitative estimate of drug-likeness (QED) is 0.866. The first-order chi connectivity index (χ1) is 9.38. The molecular weight excluding hydrogens is 232 g/mol. The summed E-state index contributed by atoms with van der Waals surface area (Å²) in [6, 6.07) is 9.86. The fraction of sp³-hybridized carbons (Fsp3) is 0.647. The molecule has 0 bridgehead atoms. The highest BCUT2D eigenvalue weighted by atomic mass is 15.0. The average Bonchev–Trinajstić information content (AvgIpc) is 3.06. The summed E-state index contributed by atoms with van der Waals surface area (Å²) in [7, 11) is 0. The van der Waals surface area contributed by atoms with Gasteiger partial charge >= 0.3 is 0 Å². The first-order valence-electron chi connectivity index (χ1n) is 7.91. The van der Waals surface area contributed by atoms with Gasteiger partial charge in [-0.05, 0) is 68.8 Å². The Balaban J connectivity index is 1.39.